The Morgan fingerprint density at radius 2 is 2.10 bits per heavy atom. The van der Waals surface area contributed by atoms with Crippen LogP contribution in [0.1, 0.15) is 11.3 Å². The summed E-state index contributed by atoms with van der Waals surface area (Å²) in [6.45, 7) is 0.0904. The van der Waals surface area contributed by atoms with Gasteiger partial charge in [-0.1, -0.05) is 12.1 Å². The molecule has 102 valence electrons. The van der Waals surface area contributed by atoms with E-state index in [-0.39, 0.29) is 17.1 Å². The average Bonchev–Trinajstić information content (AvgIpc) is 2.45. The van der Waals surface area contributed by atoms with Crippen LogP contribution in [-0.2, 0) is 16.6 Å². The van der Waals surface area contributed by atoms with Crippen molar-refractivity contribution in [2.75, 3.05) is 5.73 Å². The number of sulfonamides is 1. The second kappa shape index (κ2) is 5.69. The highest BCUT2D eigenvalue weighted by molar-refractivity contribution is 7.89. The topological polar surface area (TPSA) is 109 Å². The second-order valence-electron chi connectivity index (χ2n) is 4.03. The molecule has 0 amide bonds. The number of nitrogens with two attached hydrogens (primary N) is 1. The number of hydrogen-bond donors (Lipinski definition) is 2. The molecule has 0 saturated carbocycles. The van der Waals surface area contributed by atoms with Crippen LogP contribution < -0.4 is 10.5 Å². The van der Waals surface area contributed by atoms with Gasteiger partial charge in [-0.15, -0.1) is 0 Å². The van der Waals surface area contributed by atoms with E-state index in [2.05, 4.69) is 9.71 Å². The number of pyridine rings is 1. The lowest BCUT2D eigenvalue weighted by Crippen LogP contribution is -2.24. The highest BCUT2D eigenvalue weighted by atomic mass is 32.2. The lowest BCUT2D eigenvalue weighted by Gasteiger charge is -2.08. The first kappa shape index (κ1) is 14.0. The second-order valence-corrected chi connectivity index (χ2v) is 5.77. The monoisotopic (exact) mass is 288 g/mol. The van der Waals surface area contributed by atoms with E-state index < -0.39 is 10.0 Å². The lowest BCUT2D eigenvalue weighted by atomic mass is 10.2. The van der Waals surface area contributed by atoms with Gasteiger partial charge >= 0.3 is 0 Å². The number of nitriles is 1. The van der Waals surface area contributed by atoms with Gasteiger partial charge in [-0.2, -0.15) is 5.26 Å². The van der Waals surface area contributed by atoms with Gasteiger partial charge in [0.2, 0.25) is 10.0 Å². The molecule has 2 aromatic rings. The van der Waals surface area contributed by atoms with Crippen molar-refractivity contribution < 1.29 is 8.42 Å². The van der Waals surface area contributed by atoms with Crippen molar-refractivity contribution in [2.24, 2.45) is 0 Å². The molecular weight excluding hydrogens is 276 g/mol. The SMILES string of the molecule is N#Cc1ncccc1S(=O)(=O)NCc1cccc(N)c1. The average molecular weight is 288 g/mol. The first-order valence-corrected chi connectivity index (χ1v) is 7.20. The molecule has 0 radical (unpaired) electrons. The van der Waals surface area contributed by atoms with E-state index >= 15 is 0 Å². The molecule has 3 N–H and O–H groups in total. The standard InChI is InChI=1S/C13H12N4O2S/c14-8-12-13(5-2-6-16-12)20(18,19)17-9-10-3-1-4-11(15)7-10/h1-7,17H,9,15H2. The van der Waals surface area contributed by atoms with Crippen molar-refractivity contribution in [3.8, 4) is 6.07 Å². The Balaban J connectivity index is 2.22. The van der Waals surface area contributed by atoms with E-state index in [1.807, 2.05) is 0 Å². The van der Waals surface area contributed by atoms with Crippen LogP contribution in [0.5, 0.6) is 0 Å². The van der Waals surface area contributed by atoms with E-state index in [4.69, 9.17) is 11.0 Å². The minimum Gasteiger partial charge on any atom is -0.399 e. The maximum atomic E-state index is 12.1. The molecule has 6 nitrogen and oxygen atoms in total. The predicted octanol–water partition coefficient (Wildman–Crippen LogP) is 1.01. The van der Waals surface area contributed by atoms with Crippen LogP contribution in [-0.4, -0.2) is 13.4 Å². The molecule has 0 unspecified atom stereocenters. The van der Waals surface area contributed by atoms with E-state index in [0.29, 0.717) is 5.69 Å². The van der Waals surface area contributed by atoms with Gasteiger partial charge in [0.05, 0.1) is 0 Å². The van der Waals surface area contributed by atoms with Gasteiger partial charge in [-0.05, 0) is 29.8 Å². The maximum Gasteiger partial charge on any atom is 0.243 e. The molecule has 0 aliphatic carbocycles. The predicted molar refractivity (Wildman–Crippen MR) is 73.8 cm³/mol. The zero-order chi connectivity index (χ0) is 14.6. The number of aromatic nitrogens is 1. The summed E-state index contributed by atoms with van der Waals surface area (Å²) in [4.78, 5) is 3.60. The third-order valence-corrected chi connectivity index (χ3v) is 4.02. The fourth-order valence-electron chi connectivity index (χ4n) is 1.65. The Kier molecular flexibility index (Phi) is 3.98. The number of anilines is 1. The molecule has 0 bridgehead atoms. The molecule has 0 aliphatic heterocycles. The summed E-state index contributed by atoms with van der Waals surface area (Å²) < 4.78 is 26.7. The summed E-state index contributed by atoms with van der Waals surface area (Å²) in [7, 11) is -3.79. The van der Waals surface area contributed by atoms with Gasteiger partial charge in [0.15, 0.2) is 5.69 Å². The fourth-order valence-corrected chi connectivity index (χ4v) is 2.77. The third kappa shape index (κ3) is 3.12. The van der Waals surface area contributed by atoms with Crippen LogP contribution >= 0.6 is 0 Å². The number of nitrogens with one attached hydrogen (secondary N) is 1. The van der Waals surface area contributed by atoms with E-state index in [1.54, 1.807) is 30.3 Å². The van der Waals surface area contributed by atoms with E-state index in [1.165, 1.54) is 18.3 Å². The number of nitrogen functional groups attached to an aromatic ring is 1. The van der Waals surface area contributed by atoms with Gasteiger partial charge in [-0.25, -0.2) is 18.1 Å². The number of hydrogen-bond acceptors (Lipinski definition) is 5. The van der Waals surface area contributed by atoms with E-state index in [9.17, 15) is 8.42 Å². The Labute approximate surface area is 116 Å². The smallest absolute Gasteiger partial charge is 0.243 e. The van der Waals surface area contributed by atoms with Gasteiger partial charge < -0.3 is 5.73 Å². The Hall–Kier alpha value is -2.43. The van der Waals surface area contributed by atoms with Crippen molar-refractivity contribution in [1.29, 1.82) is 5.26 Å². The Bertz CT molecular complexity index is 766. The van der Waals surface area contributed by atoms with Crippen LogP contribution in [0.4, 0.5) is 5.69 Å². The summed E-state index contributed by atoms with van der Waals surface area (Å²) >= 11 is 0. The molecule has 1 aromatic heterocycles. The van der Waals surface area contributed by atoms with Crippen molar-refractivity contribution in [1.82, 2.24) is 9.71 Å². The molecule has 0 atom stereocenters. The van der Waals surface area contributed by atoms with Crippen molar-refractivity contribution in [3.05, 3.63) is 53.9 Å². The molecule has 7 heteroatoms. The molecular formula is C13H12N4O2S. The first-order chi connectivity index (χ1) is 9.53. The number of nitrogens with zero attached hydrogens (tertiary/aromatic N) is 2. The lowest BCUT2D eigenvalue weighted by molar-refractivity contribution is 0.580. The summed E-state index contributed by atoms with van der Waals surface area (Å²) in [5.74, 6) is 0. The zero-order valence-corrected chi connectivity index (χ0v) is 11.3. The minimum absolute atomic E-state index is 0.0904. The zero-order valence-electron chi connectivity index (χ0n) is 10.4. The summed E-state index contributed by atoms with van der Waals surface area (Å²) in [6.07, 6.45) is 1.37. The summed E-state index contributed by atoms with van der Waals surface area (Å²) in [5.41, 5.74) is 6.78. The quantitative estimate of drug-likeness (QED) is 0.816. The molecule has 0 aliphatic rings. The minimum atomic E-state index is -3.79. The van der Waals surface area contributed by atoms with E-state index in [0.717, 1.165) is 5.56 Å². The van der Waals surface area contributed by atoms with Crippen molar-refractivity contribution in [3.63, 3.8) is 0 Å². The van der Waals surface area contributed by atoms with Crippen LogP contribution in [0, 0.1) is 11.3 Å². The highest BCUT2D eigenvalue weighted by Crippen LogP contribution is 2.13. The van der Waals surface area contributed by atoms with Gasteiger partial charge in [-0.3, -0.25) is 0 Å². The molecule has 20 heavy (non-hydrogen) atoms. The molecule has 0 spiro atoms. The van der Waals surface area contributed by atoms with Gasteiger partial charge in [0, 0.05) is 18.4 Å². The maximum absolute atomic E-state index is 12.1. The fraction of sp³-hybridized carbons (Fsp3) is 0.0769. The summed E-state index contributed by atoms with van der Waals surface area (Å²) in [6, 6.07) is 11.5. The van der Waals surface area contributed by atoms with Crippen LogP contribution in [0.2, 0.25) is 0 Å². The molecule has 1 aromatic carbocycles. The molecule has 0 fully saturated rings. The largest absolute Gasteiger partial charge is 0.399 e. The summed E-state index contributed by atoms with van der Waals surface area (Å²) in [5, 5.41) is 8.88. The van der Waals surface area contributed by atoms with Crippen molar-refractivity contribution >= 4 is 15.7 Å². The van der Waals surface area contributed by atoms with Crippen LogP contribution in [0.25, 0.3) is 0 Å². The van der Waals surface area contributed by atoms with Crippen LogP contribution in [0.3, 0.4) is 0 Å². The van der Waals surface area contributed by atoms with Gasteiger partial charge in [0.25, 0.3) is 0 Å². The van der Waals surface area contributed by atoms with Crippen LogP contribution in [0.15, 0.2) is 47.5 Å². The Morgan fingerprint density at radius 3 is 2.80 bits per heavy atom. The normalized spacial score (nSPS) is 10.9. The third-order valence-electron chi connectivity index (χ3n) is 2.58. The number of benzene rings is 1. The number of rotatable bonds is 4. The molecule has 1 heterocycles. The molecule has 0 saturated heterocycles. The Morgan fingerprint density at radius 1 is 1.30 bits per heavy atom. The van der Waals surface area contributed by atoms with Crippen molar-refractivity contribution in [2.45, 2.75) is 11.4 Å². The van der Waals surface area contributed by atoms with Gasteiger partial charge in [0.1, 0.15) is 11.0 Å². The first-order valence-electron chi connectivity index (χ1n) is 5.72. The highest BCUT2D eigenvalue weighted by Gasteiger charge is 2.18. The molecule has 2 rings (SSSR count).